The first kappa shape index (κ1) is 18.0. The molecule has 6 nitrogen and oxygen atoms in total. The normalized spacial score (nSPS) is 12.0. The molecule has 2 N–H and O–H groups in total. The van der Waals surface area contributed by atoms with Gasteiger partial charge in [-0.2, -0.15) is 5.10 Å². The quantitative estimate of drug-likeness (QED) is 0.458. The second-order valence-electron chi connectivity index (χ2n) is 6.29. The number of aromatic nitrogens is 3. The van der Waals surface area contributed by atoms with E-state index < -0.39 is 5.97 Å². The van der Waals surface area contributed by atoms with E-state index in [1.165, 1.54) is 6.20 Å². The fourth-order valence-electron chi connectivity index (χ4n) is 3.04. The number of benzene rings is 2. The maximum atomic E-state index is 11.7. The summed E-state index contributed by atoms with van der Waals surface area (Å²) < 4.78 is 1.70. The van der Waals surface area contributed by atoms with Crippen LogP contribution >= 0.6 is 11.6 Å². The second-order valence-corrected chi connectivity index (χ2v) is 6.81. The summed E-state index contributed by atoms with van der Waals surface area (Å²) >= 11 is 6.55. The fraction of sp³-hybridized carbons (Fsp3) is 0.0952. The number of carboxylic acids is 1. The summed E-state index contributed by atoms with van der Waals surface area (Å²) in [5.74, 6) is -1.06. The van der Waals surface area contributed by atoms with Crippen molar-refractivity contribution in [3.05, 3.63) is 84.2 Å². The molecule has 0 aliphatic carbocycles. The Hall–Kier alpha value is -3.38. The standard InChI is InChI=1S/C21H17ClN4O2/c22-18(14-7-3-1-4-8-14)13-26-20-16(12-24-26)19(17(11-23-20)21(27)28)25-15-9-5-2-6-10-15/h1-12,18H,13H2,(H,23,25)(H,27,28). The zero-order chi connectivity index (χ0) is 19.5. The summed E-state index contributed by atoms with van der Waals surface area (Å²) in [7, 11) is 0. The van der Waals surface area contributed by atoms with E-state index in [1.807, 2.05) is 60.7 Å². The van der Waals surface area contributed by atoms with Gasteiger partial charge in [-0.25, -0.2) is 14.5 Å². The van der Waals surface area contributed by atoms with Crippen molar-refractivity contribution in [2.75, 3.05) is 5.32 Å². The van der Waals surface area contributed by atoms with Gasteiger partial charge in [-0.3, -0.25) is 0 Å². The maximum absolute atomic E-state index is 11.7. The average molecular weight is 393 g/mol. The van der Waals surface area contributed by atoms with Crippen molar-refractivity contribution < 1.29 is 9.90 Å². The Morgan fingerprint density at radius 3 is 2.43 bits per heavy atom. The first-order valence-corrected chi connectivity index (χ1v) is 9.16. The minimum atomic E-state index is -1.06. The van der Waals surface area contributed by atoms with E-state index in [-0.39, 0.29) is 10.9 Å². The van der Waals surface area contributed by atoms with Crippen molar-refractivity contribution in [2.45, 2.75) is 11.9 Å². The van der Waals surface area contributed by atoms with Gasteiger partial charge in [-0.05, 0) is 17.7 Å². The Labute approximate surface area is 166 Å². The first-order valence-electron chi connectivity index (χ1n) is 8.72. The maximum Gasteiger partial charge on any atom is 0.339 e. The number of nitrogens with zero attached hydrogens (tertiary/aromatic N) is 3. The number of fused-ring (bicyclic) bond motifs is 1. The molecule has 140 valence electrons. The van der Waals surface area contributed by atoms with Gasteiger partial charge in [0, 0.05) is 11.9 Å². The van der Waals surface area contributed by atoms with Gasteiger partial charge in [0.2, 0.25) is 0 Å². The molecule has 0 saturated carbocycles. The highest BCUT2D eigenvalue weighted by Gasteiger charge is 2.19. The van der Waals surface area contributed by atoms with Crippen LogP contribution in [0.5, 0.6) is 0 Å². The van der Waals surface area contributed by atoms with Crippen molar-refractivity contribution in [1.82, 2.24) is 14.8 Å². The monoisotopic (exact) mass is 392 g/mol. The van der Waals surface area contributed by atoms with Gasteiger partial charge in [-0.15, -0.1) is 11.6 Å². The molecule has 2 aromatic heterocycles. The molecule has 2 aromatic carbocycles. The van der Waals surface area contributed by atoms with Crippen molar-refractivity contribution >= 4 is 40.0 Å². The van der Waals surface area contributed by atoms with Gasteiger partial charge in [0.1, 0.15) is 5.56 Å². The highest BCUT2D eigenvalue weighted by Crippen LogP contribution is 2.30. The van der Waals surface area contributed by atoms with Gasteiger partial charge >= 0.3 is 5.97 Å². The fourth-order valence-corrected chi connectivity index (χ4v) is 3.32. The number of nitrogens with one attached hydrogen (secondary N) is 1. The Balaban J connectivity index is 1.73. The highest BCUT2D eigenvalue weighted by molar-refractivity contribution is 6.20. The molecule has 0 radical (unpaired) electrons. The van der Waals surface area contributed by atoms with E-state index in [9.17, 15) is 9.90 Å². The third-order valence-electron chi connectivity index (χ3n) is 4.43. The molecule has 4 aromatic rings. The lowest BCUT2D eigenvalue weighted by Gasteiger charge is -2.13. The predicted molar refractivity (Wildman–Crippen MR) is 109 cm³/mol. The SMILES string of the molecule is O=C(O)c1cnc2c(cnn2CC(Cl)c2ccccc2)c1Nc1ccccc1. The third kappa shape index (κ3) is 3.54. The number of rotatable bonds is 6. The molecule has 28 heavy (non-hydrogen) atoms. The van der Waals surface area contributed by atoms with E-state index in [0.29, 0.717) is 23.3 Å². The average Bonchev–Trinajstić information content (AvgIpc) is 3.12. The van der Waals surface area contributed by atoms with Crippen molar-refractivity contribution in [3.63, 3.8) is 0 Å². The topological polar surface area (TPSA) is 80.0 Å². The second kappa shape index (κ2) is 7.70. The molecular formula is C21H17ClN4O2. The number of alkyl halides is 1. The molecule has 1 atom stereocenters. The Kier molecular flexibility index (Phi) is 4.95. The van der Waals surface area contributed by atoms with Crippen LogP contribution in [-0.4, -0.2) is 25.8 Å². The summed E-state index contributed by atoms with van der Waals surface area (Å²) in [6.45, 7) is 0.416. The van der Waals surface area contributed by atoms with Gasteiger partial charge in [0.15, 0.2) is 5.65 Å². The van der Waals surface area contributed by atoms with E-state index in [2.05, 4.69) is 15.4 Å². The van der Waals surface area contributed by atoms with Crippen LogP contribution in [0.15, 0.2) is 73.1 Å². The predicted octanol–water partition coefficient (Wildman–Crippen LogP) is 4.85. The smallest absolute Gasteiger partial charge is 0.339 e. The number of carboxylic acid groups (broad SMARTS) is 1. The van der Waals surface area contributed by atoms with Gasteiger partial charge in [0.05, 0.1) is 29.2 Å². The van der Waals surface area contributed by atoms with E-state index in [0.717, 1.165) is 11.3 Å². The zero-order valence-electron chi connectivity index (χ0n) is 14.8. The van der Waals surface area contributed by atoms with Crippen LogP contribution < -0.4 is 5.32 Å². The number of hydrogen-bond acceptors (Lipinski definition) is 4. The number of pyridine rings is 1. The molecule has 0 aliphatic heterocycles. The lowest BCUT2D eigenvalue weighted by molar-refractivity contribution is 0.0697. The Morgan fingerprint density at radius 1 is 1.07 bits per heavy atom. The van der Waals surface area contributed by atoms with E-state index in [1.54, 1.807) is 10.9 Å². The summed E-state index contributed by atoms with van der Waals surface area (Å²) in [5, 5.41) is 17.5. The Bertz CT molecular complexity index is 1110. The summed E-state index contributed by atoms with van der Waals surface area (Å²) in [4.78, 5) is 16.0. The van der Waals surface area contributed by atoms with Crippen LogP contribution in [0.4, 0.5) is 11.4 Å². The van der Waals surface area contributed by atoms with Gasteiger partial charge in [0.25, 0.3) is 0 Å². The molecule has 0 fully saturated rings. The molecule has 1 unspecified atom stereocenters. The largest absolute Gasteiger partial charge is 0.478 e. The van der Waals surface area contributed by atoms with Crippen LogP contribution in [0.3, 0.4) is 0 Å². The lowest BCUT2D eigenvalue weighted by atomic mass is 10.1. The Morgan fingerprint density at radius 2 is 1.75 bits per heavy atom. The highest BCUT2D eigenvalue weighted by atomic mass is 35.5. The summed E-state index contributed by atoms with van der Waals surface area (Å²) in [6.07, 6.45) is 2.97. The van der Waals surface area contributed by atoms with Crippen LogP contribution in [-0.2, 0) is 6.54 Å². The van der Waals surface area contributed by atoms with Gasteiger partial charge < -0.3 is 10.4 Å². The van der Waals surface area contributed by atoms with Crippen LogP contribution in [0, 0.1) is 0 Å². The minimum Gasteiger partial charge on any atom is -0.478 e. The number of hydrogen-bond donors (Lipinski definition) is 2. The number of anilines is 2. The zero-order valence-corrected chi connectivity index (χ0v) is 15.5. The lowest BCUT2D eigenvalue weighted by Crippen LogP contribution is -2.08. The molecule has 0 bridgehead atoms. The van der Waals surface area contributed by atoms with E-state index in [4.69, 9.17) is 11.6 Å². The molecule has 0 amide bonds. The molecular weight excluding hydrogens is 376 g/mol. The number of aromatic carboxylic acids is 1. The van der Waals surface area contributed by atoms with Crippen molar-refractivity contribution in [1.29, 1.82) is 0 Å². The van der Waals surface area contributed by atoms with Crippen LogP contribution in [0.25, 0.3) is 11.0 Å². The third-order valence-corrected chi connectivity index (χ3v) is 4.82. The number of para-hydroxylation sites is 1. The molecule has 0 saturated heterocycles. The summed E-state index contributed by atoms with van der Waals surface area (Å²) in [6, 6.07) is 19.1. The number of halogens is 1. The van der Waals surface area contributed by atoms with Crippen LogP contribution in [0.1, 0.15) is 21.3 Å². The minimum absolute atomic E-state index is 0.0846. The number of carbonyl (C=O) groups is 1. The van der Waals surface area contributed by atoms with Crippen molar-refractivity contribution in [2.24, 2.45) is 0 Å². The van der Waals surface area contributed by atoms with Crippen molar-refractivity contribution in [3.8, 4) is 0 Å². The molecule has 7 heteroatoms. The molecule has 0 aliphatic rings. The molecule has 0 spiro atoms. The van der Waals surface area contributed by atoms with E-state index >= 15 is 0 Å². The van der Waals surface area contributed by atoms with Gasteiger partial charge in [-0.1, -0.05) is 48.5 Å². The first-order chi connectivity index (χ1) is 13.6. The molecule has 2 heterocycles. The molecule has 4 rings (SSSR count). The summed E-state index contributed by atoms with van der Waals surface area (Å²) in [5.41, 5.74) is 2.88. The van der Waals surface area contributed by atoms with Crippen LogP contribution in [0.2, 0.25) is 0 Å².